The zero-order chi connectivity index (χ0) is 16.5. The van der Waals surface area contributed by atoms with Crippen LogP contribution in [0.25, 0.3) is 16.6 Å². The molecule has 0 saturated heterocycles. The van der Waals surface area contributed by atoms with Gasteiger partial charge in [-0.2, -0.15) is 5.10 Å². The van der Waals surface area contributed by atoms with Gasteiger partial charge in [-0.15, -0.1) is 0 Å². The molecule has 0 fully saturated rings. The van der Waals surface area contributed by atoms with Crippen molar-refractivity contribution in [2.24, 2.45) is 0 Å². The van der Waals surface area contributed by atoms with Gasteiger partial charge in [0.15, 0.2) is 11.1 Å². The molecule has 2 N–H and O–H groups in total. The molecule has 24 heavy (non-hydrogen) atoms. The smallest absolute Gasteiger partial charge is 0.189 e. The Bertz CT molecular complexity index is 1090. The number of nitrogens with one attached hydrogen (secondary N) is 2. The Morgan fingerprint density at radius 1 is 1.25 bits per heavy atom. The van der Waals surface area contributed by atoms with Crippen LogP contribution in [-0.2, 0) is 13.1 Å². The van der Waals surface area contributed by atoms with Gasteiger partial charge in [0.25, 0.3) is 0 Å². The number of benzene rings is 1. The third-order valence-electron chi connectivity index (χ3n) is 3.83. The number of nitrogens with zero attached hydrogens (tertiary/aromatic N) is 3. The minimum absolute atomic E-state index is 0.197. The largest absolute Gasteiger partial charge is 0.357 e. The van der Waals surface area contributed by atoms with E-state index >= 15 is 0 Å². The second-order valence-corrected chi connectivity index (χ2v) is 5.51. The van der Waals surface area contributed by atoms with Gasteiger partial charge in [0, 0.05) is 53.7 Å². The molecular weight excluding hydrogens is 309 g/mol. The summed E-state index contributed by atoms with van der Waals surface area (Å²) >= 11 is 0. The molecule has 0 spiro atoms. The lowest BCUT2D eigenvalue weighted by molar-refractivity contribution is 0.629. The van der Waals surface area contributed by atoms with Gasteiger partial charge in [0.2, 0.25) is 0 Å². The molecule has 0 unspecified atom stereocenters. The highest BCUT2D eigenvalue weighted by molar-refractivity contribution is 5.78. The van der Waals surface area contributed by atoms with E-state index in [0.717, 1.165) is 16.9 Å². The van der Waals surface area contributed by atoms with Crippen LogP contribution in [0.1, 0.15) is 11.3 Å². The molecule has 1 aromatic carbocycles. The predicted octanol–water partition coefficient (Wildman–Crippen LogP) is 2.00. The number of halogens is 1. The number of hydrogen-bond acceptors (Lipinski definition) is 4. The van der Waals surface area contributed by atoms with Gasteiger partial charge in [-0.1, -0.05) is 0 Å². The van der Waals surface area contributed by atoms with Crippen LogP contribution in [0.5, 0.6) is 0 Å². The molecule has 7 heteroatoms. The quantitative estimate of drug-likeness (QED) is 0.602. The summed E-state index contributed by atoms with van der Waals surface area (Å²) in [5.74, 6) is -0.417. The molecular formula is C17H14FN5O. The maximum absolute atomic E-state index is 13.2. The monoisotopic (exact) mass is 323 g/mol. The minimum atomic E-state index is -0.417. The molecule has 0 aliphatic heterocycles. The van der Waals surface area contributed by atoms with Gasteiger partial charge in [-0.05, 0) is 24.3 Å². The van der Waals surface area contributed by atoms with Crippen LogP contribution in [0.15, 0.2) is 53.7 Å². The van der Waals surface area contributed by atoms with Crippen molar-refractivity contribution in [1.82, 2.24) is 24.9 Å². The summed E-state index contributed by atoms with van der Waals surface area (Å²) in [6.07, 6.45) is 5.33. The Morgan fingerprint density at radius 3 is 3.08 bits per heavy atom. The van der Waals surface area contributed by atoms with Crippen molar-refractivity contribution in [3.05, 3.63) is 76.2 Å². The van der Waals surface area contributed by atoms with E-state index < -0.39 is 5.82 Å². The highest BCUT2D eigenvalue weighted by Crippen LogP contribution is 2.11. The van der Waals surface area contributed by atoms with Crippen LogP contribution in [0.4, 0.5) is 4.39 Å². The fourth-order valence-corrected chi connectivity index (χ4v) is 2.70. The van der Waals surface area contributed by atoms with Crippen molar-refractivity contribution in [3.63, 3.8) is 0 Å². The molecule has 6 nitrogen and oxygen atoms in total. The Balaban J connectivity index is 1.53. The second-order valence-electron chi connectivity index (χ2n) is 5.51. The molecule has 4 rings (SSSR count). The number of rotatable bonds is 4. The molecule has 0 aliphatic carbocycles. The van der Waals surface area contributed by atoms with Crippen molar-refractivity contribution in [1.29, 1.82) is 0 Å². The summed E-state index contributed by atoms with van der Waals surface area (Å²) in [5, 5.41) is 7.84. The van der Waals surface area contributed by atoms with Gasteiger partial charge >= 0.3 is 0 Å². The fraction of sp³-hybridized carbons (Fsp3) is 0.118. The lowest BCUT2D eigenvalue weighted by Gasteiger charge is -2.06. The third-order valence-corrected chi connectivity index (χ3v) is 3.83. The first-order valence-electron chi connectivity index (χ1n) is 7.50. The number of H-pyrrole nitrogens is 1. The number of aromatic amines is 1. The van der Waals surface area contributed by atoms with Crippen LogP contribution < -0.4 is 10.7 Å². The van der Waals surface area contributed by atoms with Gasteiger partial charge < -0.3 is 10.3 Å². The molecule has 0 bridgehead atoms. The van der Waals surface area contributed by atoms with Crippen molar-refractivity contribution in [2.45, 2.75) is 13.1 Å². The molecule has 0 amide bonds. The van der Waals surface area contributed by atoms with E-state index in [9.17, 15) is 9.18 Å². The van der Waals surface area contributed by atoms with Gasteiger partial charge in [0.1, 0.15) is 5.82 Å². The SMILES string of the molecule is O=c1cc(CNCc2cnn3cccnc23)[nH]c2ccc(F)cc12. The average molecular weight is 323 g/mol. The fourth-order valence-electron chi connectivity index (χ4n) is 2.70. The highest BCUT2D eigenvalue weighted by atomic mass is 19.1. The molecule has 0 atom stereocenters. The molecule has 4 aromatic rings. The standard InChI is InChI=1S/C17H14FN5O/c18-12-2-3-15-14(6-12)16(24)7-13(22-15)10-19-8-11-9-21-23-5-1-4-20-17(11)23/h1-7,9,19H,8,10H2,(H,22,24). The van der Waals surface area contributed by atoms with Gasteiger partial charge in [-0.25, -0.2) is 13.9 Å². The van der Waals surface area contributed by atoms with Crippen LogP contribution in [0, 0.1) is 5.82 Å². The van der Waals surface area contributed by atoms with Crippen LogP contribution >= 0.6 is 0 Å². The third kappa shape index (κ3) is 2.65. The van der Waals surface area contributed by atoms with Gasteiger partial charge in [0.05, 0.1) is 6.20 Å². The topological polar surface area (TPSA) is 75.1 Å². The van der Waals surface area contributed by atoms with Crippen LogP contribution in [0.2, 0.25) is 0 Å². The van der Waals surface area contributed by atoms with Crippen molar-refractivity contribution in [2.75, 3.05) is 0 Å². The lowest BCUT2D eigenvalue weighted by atomic mass is 10.2. The maximum Gasteiger partial charge on any atom is 0.189 e. The van der Waals surface area contributed by atoms with E-state index in [0.29, 0.717) is 24.0 Å². The first-order valence-corrected chi connectivity index (χ1v) is 7.50. The average Bonchev–Trinajstić information content (AvgIpc) is 2.99. The van der Waals surface area contributed by atoms with Gasteiger partial charge in [-0.3, -0.25) is 4.79 Å². The number of hydrogen-bond donors (Lipinski definition) is 2. The Hall–Kier alpha value is -3.06. The van der Waals surface area contributed by atoms with E-state index in [1.165, 1.54) is 18.2 Å². The zero-order valence-corrected chi connectivity index (χ0v) is 12.7. The van der Waals surface area contributed by atoms with E-state index in [2.05, 4.69) is 20.4 Å². The molecule has 0 radical (unpaired) electrons. The van der Waals surface area contributed by atoms with E-state index in [1.807, 2.05) is 12.3 Å². The van der Waals surface area contributed by atoms with Crippen LogP contribution in [0.3, 0.4) is 0 Å². The number of aromatic nitrogens is 4. The first kappa shape index (κ1) is 14.5. The van der Waals surface area contributed by atoms with Crippen LogP contribution in [-0.4, -0.2) is 19.6 Å². The molecule has 0 aliphatic rings. The number of fused-ring (bicyclic) bond motifs is 2. The molecule has 120 valence electrons. The van der Waals surface area contributed by atoms with Crippen molar-refractivity contribution in [3.8, 4) is 0 Å². The van der Waals surface area contributed by atoms with Crippen molar-refractivity contribution >= 4 is 16.6 Å². The summed E-state index contributed by atoms with van der Waals surface area (Å²) < 4.78 is 14.9. The Morgan fingerprint density at radius 2 is 2.17 bits per heavy atom. The minimum Gasteiger partial charge on any atom is -0.357 e. The van der Waals surface area contributed by atoms with Crippen molar-refractivity contribution < 1.29 is 4.39 Å². The van der Waals surface area contributed by atoms with E-state index in [4.69, 9.17) is 0 Å². The number of pyridine rings is 1. The highest BCUT2D eigenvalue weighted by Gasteiger charge is 2.06. The first-order chi connectivity index (χ1) is 11.7. The lowest BCUT2D eigenvalue weighted by Crippen LogP contribution is -2.16. The van der Waals surface area contributed by atoms with E-state index in [1.54, 1.807) is 23.0 Å². The summed E-state index contributed by atoms with van der Waals surface area (Å²) in [6.45, 7) is 1.05. The normalized spacial score (nSPS) is 11.4. The molecule has 3 heterocycles. The summed E-state index contributed by atoms with van der Waals surface area (Å²) in [4.78, 5) is 19.5. The maximum atomic E-state index is 13.2. The Kier molecular flexibility index (Phi) is 3.55. The zero-order valence-electron chi connectivity index (χ0n) is 12.7. The predicted molar refractivity (Wildman–Crippen MR) is 88.1 cm³/mol. The second kappa shape index (κ2) is 5.86. The van der Waals surface area contributed by atoms with E-state index in [-0.39, 0.29) is 5.43 Å². The molecule has 0 saturated carbocycles. The summed E-state index contributed by atoms with van der Waals surface area (Å²) in [7, 11) is 0. The summed E-state index contributed by atoms with van der Waals surface area (Å²) in [6, 6.07) is 7.46. The Labute approximate surface area is 136 Å². The summed E-state index contributed by atoms with van der Waals surface area (Å²) in [5.41, 5.74) is 2.94. The molecule has 3 aromatic heterocycles.